The standard InChI is InChI=1S/C10H10Cl2N2O/c1-2-13-9-7-5(11)3-4-6(12)8(7)14-10(9)15/h3-4,9,13H,2H2,1H3,(H,14,15). The van der Waals surface area contributed by atoms with Crippen LogP contribution in [0.25, 0.3) is 0 Å². The summed E-state index contributed by atoms with van der Waals surface area (Å²) in [4.78, 5) is 11.6. The van der Waals surface area contributed by atoms with Gasteiger partial charge >= 0.3 is 0 Å². The fourth-order valence-corrected chi connectivity index (χ4v) is 2.18. The predicted molar refractivity (Wildman–Crippen MR) is 61.5 cm³/mol. The number of hydrogen-bond acceptors (Lipinski definition) is 2. The van der Waals surface area contributed by atoms with Gasteiger partial charge in [-0.1, -0.05) is 30.1 Å². The lowest BCUT2D eigenvalue weighted by Gasteiger charge is -2.10. The maximum atomic E-state index is 11.6. The zero-order valence-corrected chi connectivity index (χ0v) is 9.62. The molecule has 1 aliphatic heterocycles. The van der Waals surface area contributed by atoms with Gasteiger partial charge in [-0.3, -0.25) is 4.79 Å². The number of rotatable bonds is 2. The second-order valence-corrected chi connectivity index (χ2v) is 4.11. The van der Waals surface area contributed by atoms with Crippen molar-refractivity contribution in [2.75, 3.05) is 11.9 Å². The van der Waals surface area contributed by atoms with Gasteiger partial charge in [-0.05, 0) is 18.7 Å². The van der Waals surface area contributed by atoms with E-state index in [2.05, 4.69) is 10.6 Å². The molecule has 80 valence electrons. The first-order chi connectivity index (χ1) is 7.15. The number of likely N-dealkylation sites (N-methyl/N-ethyl adjacent to an activating group) is 1. The number of anilines is 1. The molecule has 0 aliphatic carbocycles. The fraction of sp³-hybridized carbons (Fsp3) is 0.300. The SMILES string of the molecule is CCNC1C(=O)Nc2c(Cl)ccc(Cl)c21. The minimum Gasteiger partial charge on any atom is -0.323 e. The van der Waals surface area contributed by atoms with Crippen LogP contribution in [-0.2, 0) is 4.79 Å². The van der Waals surface area contributed by atoms with Crippen molar-refractivity contribution in [3.63, 3.8) is 0 Å². The Labute approximate surface area is 97.8 Å². The van der Waals surface area contributed by atoms with Crippen LogP contribution in [-0.4, -0.2) is 12.5 Å². The lowest BCUT2D eigenvalue weighted by Crippen LogP contribution is -2.27. The summed E-state index contributed by atoms with van der Waals surface area (Å²) in [6.45, 7) is 2.63. The van der Waals surface area contributed by atoms with Crippen molar-refractivity contribution in [3.05, 3.63) is 27.7 Å². The number of nitrogens with one attached hydrogen (secondary N) is 2. The number of carbonyl (C=O) groups excluding carboxylic acids is 1. The van der Waals surface area contributed by atoms with E-state index in [0.717, 1.165) is 5.56 Å². The van der Waals surface area contributed by atoms with Gasteiger partial charge in [0.05, 0.1) is 10.7 Å². The lowest BCUT2D eigenvalue weighted by atomic mass is 10.1. The van der Waals surface area contributed by atoms with Gasteiger partial charge < -0.3 is 10.6 Å². The van der Waals surface area contributed by atoms with Crippen LogP contribution in [0.4, 0.5) is 5.69 Å². The highest BCUT2D eigenvalue weighted by Crippen LogP contribution is 2.40. The normalized spacial score (nSPS) is 18.9. The number of halogens is 2. The third kappa shape index (κ3) is 1.71. The van der Waals surface area contributed by atoms with Crippen molar-refractivity contribution in [3.8, 4) is 0 Å². The molecule has 3 nitrogen and oxygen atoms in total. The third-order valence-electron chi connectivity index (χ3n) is 2.35. The van der Waals surface area contributed by atoms with E-state index < -0.39 is 6.04 Å². The largest absolute Gasteiger partial charge is 0.323 e. The Morgan fingerprint density at radius 2 is 2.07 bits per heavy atom. The molecule has 1 aliphatic rings. The molecule has 1 unspecified atom stereocenters. The number of fused-ring (bicyclic) bond motifs is 1. The van der Waals surface area contributed by atoms with Crippen LogP contribution in [0.5, 0.6) is 0 Å². The monoisotopic (exact) mass is 244 g/mol. The Morgan fingerprint density at radius 3 is 2.73 bits per heavy atom. The predicted octanol–water partition coefficient (Wildman–Crippen LogP) is 2.60. The first-order valence-electron chi connectivity index (χ1n) is 4.67. The van der Waals surface area contributed by atoms with Gasteiger partial charge in [0.15, 0.2) is 0 Å². The van der Waals surface area contributed by atoms with Crippen LogP contribution in [0.2, 0.25) is 10.0 Å². The van der Waals surface area contributed by atoms with Crippen molar-refractivity contribution in [2.45, 2.75) is 13.0 Å². The Kier molecular flexibility index (Phi) is 2.87. The molecular formula is C10H10Cl2N2O. The van der Waals surface area contributed by atoms with Crippen molar-refractivity contribution in [1.29, 1.82) is 0 Å². The van der Waals surface area contributed by atoms with E-state index >= 15 is 0 Å². The van der Waals surface area contributed by atoms with E-state index in [9.17, 15) is 4.79 Å². The second kappa shape index (κ2) is 4.00. The highest BCUT2D eigenvalue weighted by Gasteiger charge is 2.33. The molecular weight excluding hydrogens is 235 g/mol. The van der Waals surface area contributed by atoms with Gasteiger partial charge in [-0.25, -0.2) is 0 Å². The zero-order valence-electron chi connectivity index (χ0n) is 8.10. The van der Waals surface area contributed by atoms with Crippen molar-refractivity contribution in [2.24, 2.45) is 0 Å². The van der Waals surface area contributed by atoms with Crippen molar-refractivity contribution in [1.82, 2.24) is 5.32 Å². The molecule has 0 radical (unpaired) electrons. The van der Waals surface area contributed by atoms with E-state index in [1.54, 1.807) is 12.1 Å². The summed E-state index contributed by atoms with van der Waals surface area (Å²) in [7, 11) is 0. The molecule has 1 aromatic carbocycles. The molecule has 1 heterocycles. The maximum absolute atomic E-state index is 11.6. The van der Waals surface area contributed by atoms with E-state index in [4.69, 9.17) is 23.2 Å². The van der Waals surface area contributed by atoms with Crippen LogP contribution < -0.4 is 10.6 Å². The molecule has 1 amide bonds. The summed E-state index contributed by atoms with van der Waals surface area (Å²) in [5, 5.41) is 6.86. The van der Waals surface area contributed by atoms with E-state index in [1.165, 1.54) is 0 Å². The number of hydrogen-bond donors (Lipinski definition) is 2. The fourth-order valence-electron chi connectivity index (χ4n) is 1.70. The summed E-state index contributed by atoms with van der Waals surface area (Å²) in [6, 6.07) is 2.99. The average Bonchev–Trinajstić information content (AvgIpc) is 2.53. The highest BCUT2D eigenvalue weighted by molar-refractivity contribution is 6.37. The van der Waals surface area contributed by atoms with Crippen molar-refractivity contribution >= 4 is 34.8 Å². The minimum absolute atomic E-state index is 0.109. The van der Waals surface area contributed by atoms with E-state index in [1.807, 2.05) is 6.92 Å². The molecule has 0 spiro atoms. The van der Waals surface area contributed by atoms with Gasteiger partial charge in [0.25, 0.3) is 0 Å². The first kappa shape index (κ1) is 10.7. The number of benzene rings is 1. The van der Waals surface area contributed by atoms with Crippen LogP contribution in [0.1, 0.15) is 18.5 Å². The summed E-state index contributed by atoms with van der Waals surface area (Å²) in [5.41, 5.74) is 1.37. The van der Waals surface area contributed by atoms with Gasteiger partial charge in [0, 0.05) is 10.6 Å². The summed E-state index contributed by atoms with van der Waals surface area (Å²) in [5.74, 6) is -0.109. The average molecular weight is 245 g/mol. The Bertz CT molecular complexity index is 420. The third-order valence-corrected chi connectivity index (χ3v) is 2.99. The summed E-state index contributed by atoms with van der Waals surface area (Å²) < 4.78 is 0. The van der Waals surface area contributed by atoms with Gasteiger partial charge in [-0.15, -0.1) is 0 Å². The molecule has 2 N–H and O–H groups in total. The Balaban J connectivity index is 2.52. The minimum atomic E-state index is -0.392. The van der Waals surface area contributed by atoms with Crippen LogP contribution in [0.15, 0.2) is 12.1 Å². The quantitative estimate of drug-likeness (QED) is 0.840. The number of carbonyl (C=O) groups is 1. The molecule has 0 saturated heterocycles. The van der Waals surface area contributed by atoms with Crippen LogP contribution in [0, 0.1) is 0 Å². The first-order valence-corrected chi connectivity index (χ1v) is 5.43. The zero-order chi connectivity index (χ0) is 11.0. The molecule has 15 heavy (non-hydrogen) atoms. The highest BCUT2D eigenvalue weighted by atomic mass is 35.5. The number of amides is 1. The molecule has 0 bridgehead atoms. The molecule has 2 rings (SSSR count). The second-order valence-electron chi connectivity index (χ2n) is 3.30. The molecule has 1 atom stereocenters. The molecule has 0 fully saturated rings. The topological polar surface area (TPSA) is 41.1 Å². The summed E-state index contributed by atoms with van der Waals surface area (Å²) >= 11 is 12.0. The van der Waals surface area contributed by atoms with Crippen LogP contribution >= 0.6 is 23.2 Å². The Morgan fingerprint density at radius 1 is 1.40 bits per heavy atom. The van der Waals surface area contributed by atoms with Gasteiger partial charge in [0.2, 0.25) is 5.91 Å². The van der Waals surface area contributed by atoms with E-state index in [-0.39, 0.29) is 5.91 Å². The van der Waals surface area contributed by atoms with Gasteiger partial charge in [0.1, 0.15) is 6.04 Å². The smallest absolute Gasteiger partial charge is 0.246 e. The van der Waals surface area contributed by atoms with Crippen LogP contribution in [0.3, 0.4) is 0 Å². The van der Waals surface area contributed by atoms with E-state index in [0.29, 0.717) is 22.3 Å². The molecule has 1 aromatic rings. The maximum Gasteiger partial charge on any atom is 0.246 e. The van der Waals surface area contributed by atoms with Gasteiger partial charge in [-0.2, -0.15) is 0 Å². The summed E-state index contributed by atoms with van der Waals surface area (Å²) in [6.07, 6.45) is 0. The molecule has 0 saturated carbocycles. The lowest BCUT2D eigenvalue weighted by molar-refractivity contribution is -0.117. The molecule has 0 aromatic heterocycles. The Hall–Kier alpha value is -0.770. The van der Waals surface area contributed by atoms with Crippen molar-refractivity contribution < 1.29 is 4.79 Å². The molecule has 5 heteroatoms.